The van der Waals surface area contributed by atoms with E-state index in [9.17, 15) is 4.79 Å². The normalized spacial score (nSPS) is 9.69. The van der Waals surface area contributed by atoms with Gasteiger partial charge in [-0.25, -0.2) is 4.79 Å². The summed E-state index contributed by atoms with van der Waals surface area (Å²) in [6.45, 7) is 0. The van der Waals surface area contributed by atoms with Crippen molar-refractivity contribution in [2.75, 3.05) is 26.4 Å². The van der Waals surface area contributed by atoms with E-state index in [0.29, 0.717) is 23.0 Å². The number of carbonyl (C=O) groups is 1. The Morgan fingerprint density at radius 2 is 2.06 bits per heavy atom. The highest BCUT2D eigenvalue weighted by atomic mass is 32.2. The molecular weight excluding hydrogens is 228 g/mol. The van der Waals surface area contributed by atoms with Gasteiger partial charge in [-0.3, -0.25) is 0 Å². The number of methoxy groups -OCH3 is 2. The Morgan fingerprint density at radius 1 is 1.31 bits per heavy atom. The maximum absolute atomic E-state index is 11.3. The van der Waals surface area contributed by atoms with Crippen LogP contribution in [0.3, 0.4) is 0 Å². The van der Waals surface area contributed by atoms with Crippen LogP contribution in [0.2, 0.25) is 0 Å². The Bertz CT molecular complexity index is 365. The van der Waals surface area contributed by atoms with Gasteiger partial charge in [-0.1, -0.05) is 0 Å². The lowest BCUT2D eigenvalue weighted by molar-refractivity contribution is 0.0600. The van der Waals surface area contributed by atoms with E-state index in [-0.39, 0.29) is 0 Å². The molecule has 0 aromatic heterocycles. The fourth-order valence-corrected chi connectivity index (χ4v) is 1.40. The second kappa shape index (κ2) is 6.27. The number of hydrogen-bond donors (Lipinski definition) is 0. The van der Waals surface area contributed by atoms with Crippen LogP contribution in [0.5, 0.6) is 11.5 Å². The molecule has 5 heteroatoms. The molecule has 1 aromatic carbocycles. The third-order valence-electron chi connectivity index (χ3n) is 1.92. The number of thioether (sulfide) groups is 1. The van der Waals surface area contributed by atoms with E-state index >= 15 is 0 Å². The Kier molecular flexibility index (Phi) is 4.98. The lowest BCUT2D eigenvalue weighted by atomic mass is 10.2. The van der Waals surface area contributed by atoms with Crippen molar-refractivity contribution in [3.63, 3.8) is 0 Å². The van der Waals surface area contributed by atoms with Gasteiger partial charge in [0.25, 0.3) is 0 Å². The summed E-state index contributed by atoms with van der Waals surface area (Å²) in [6, 6.07) is 4.94. The van der Waals surface area contributed by atoms with Gasteiger partial charge in [0.1, 0.15) is 5.94 Å². The van der Waals surface area contributed by atoms with Crippen LogP contribution in [-0.4, -0.2) is 32.4 Å². The summed E-state index contributed by atoms with van der Waals surface area (Å²) in [5.41, 5.74) is 0.441. The molecule has 0 radical (unpaired) electrons. The fourth-order valence-electron chi connectivity index (χ4n) is 1.15. The third-order valence-corrected chi connectivity index (χ3v) is 2.27. The minimum Gasteiger partial charge on any atom is -0.493 e. The molecule has 88 valence electrons. The lowest BCUT2D eigenvalue weighted by Gasteiger charge is -2.10. The summed E-state index contributed by atoms with van der Waals surface area (Å²) in [4.78, 5) is 11.3. The van der Waals surface area contributed by atoms with E-state index < -0.39 is 5.97 Å². The summed E-state index contributed by atoms with van der Waals surface area (Å²) in [5, 5.41) is 0. The molecule has 0 fully saturated rings. The molecule has 0 N–H and O–H groups in total. The summed E-state index contributed by atoms with van der Waals surface area (Å²) >= 11 is 1.56. The molecule has 0 atom stereocenters. The van der Waals surface area contributed by atoms with Crippen LogP contribution < -0.4 is 9.47 Å². The van der Waals surface area contributed by atoms with Gasteiger partial charge in [0.2, 0.25) is 0 Å². The van der Waals surface area contributed by atoms with Crippen LogP contribution in [0.1, 0.15) is 10.4 Å². The summed E-state index contributed by atoms with van der Waals surface area (Å²) < 4.78 is 15.2. The maximum Gasteiger partial charge on any atom is 0.337 e. The monoisotopic (exact) mass is 242 g/mol. The van der Waals surface area contributed by atoms with E-state index in [1.807, 2.05) is 6.26 Å². The summed E-state index contributed by atoms with van der Waals surface area (Å²) in [5.74, 6) is 1.28. The number of carbonyl (C=O) groups excluding carboxylic acids is 1. The first-order valence-electron chi connectivity index (χ1n) is 4.61. The van der Waals surface area contributed by atoms with E-state index in [0.717, 1.165) is 0 Å². The van der Waals surface area contributed by atoms with E-state index in [1.165, 1.54) is 14.2 Å². The van der Waals surface area contributed by atoms with Gasteiger partial charge in [0.05, 0.1) is 19.8 Å². The lowest BCUT2D eigenvalue weighted by Crippen LogP contribution is -2.02. The number of ether oxygens (including phenoxy) is 3. The zero-order chi connectivity index (χ0) is 12.0. The molecule has 0 aliphatic rings. The minimum atomic E-state index is -0.394. The molecule has 16 heavy (non-hydrogen) atoms. The smallest absolute Gasteiger partial charge is 0.337 e. The van der Waals surface area contributed by atoms with Crippen molar-refractivity contribution in [3.8, 4) is 11.5 Å². The number of esters is 1. The predicted octanol–water partition coefficient (Wildman–Crippen LogP) is 2.18. The molecule has 4 nitrogen and oxygen atoms in total. The molecule has 0 heterocycles. The first-order chi connectivity index (χ1) is 7.72. The van der Waals surface area contributed by atoms with Gasteiger partial charge in [-0.15, -0.1) is 11.8 Å². The molecule has 0 spiro atoms. The maximum atomic E-state index is 11.3. The van der Waals surface area contributed by atoms with Crippen molar-refractivity contribution in [2.45, 2.75) is 0 Å². The van der Waals surface area contributed by atoms with Gasteiger partial charge >= 0.3 is 5.97 Å². The van der Waals surface area contributed by atoms with E-state index in [1.54, 1.807) is 30.0 Å². The van der Waals surface area contributed by atoms with Crippen LogP contribution in [0.25, 0.3) is 0 Å². The van der Waals surface area contributed by atoms with Crippen molar-refractivity contribution in [2.24, 2.45) is 0 Å². The molecule has 1 aromatic rings. The highest BCUT2D eigenvalue weighted by Crippen LogP contribution is 2.28. The van der Waals surface area contributed by atoms with Crippen molar-refractivity contribution in [3.05, 3.63) is 23.8 Å². The third kappa shape index (κ3) is 3.06. The van der Waals surface area contributed by atoms with Crippen LogP contribution in [-0.2, 0) is 4.74 Å². The van der Waals surface area contributed by atoms with Gasteiger partial charge in [-0.05, 0) is 24.5 Å². The van der Waals surface area contributed by atoms with Gasteiger partial charge in [0.15, 0.2) is 11.5 Å². The molecule has 0 bridgehead atoms. The van der Waals surface area contributed by atoms with E-state index in [2.05, 4.69) is 4.74 Å². The van der Waals surface area contributed by atoms with Crippen molar-refractivity contribution < 1.29 is 19.0 Å². The average molecular weight is 242 g/mol. The molecule has 0 saturated carbocycles. The highest BCUT2D eigenvalue weighted by molar-refractivity contribution is 7.98. The van der Waals surface area contributed by atoms with Crippen molar-refractivity contribution in [1.29, 1.82) is 0 Å². The van der Waals surface area contributed by atoms with Gasteiger partial charge in [0, 0.05) is 0 Å². The molecule has 0 aliphatic heterocycles. The zero-order valence-corrected chi connectivity index (χ0v) is 10.3. The van der Waals surface area contributed by atoms with Crippen LogP contribution >= 0.6 is 11.8 Å². The second-order valence-electron chi connectivity index (χ2n) is 2.91. The van der Waals surface area contributed by atoms with Crippen molar-refractivity contribution in [1.82, 2.24) is 0 Å². The predicted molar refractivity (Wildman–Crippen MR) is 63.3 cm³/mol. The fraction of sp³-hybridized carbons (Fsp3) is 0.364. The van der Waals surface area contributed by atoms with Crippen molar-refractivity contribution >= 4 is 17.7 Å². The first-order valence-corrected chi connectivity index (χ1v) is 6.00. The van der Waals surface area contributed by atoms with Crippen LogP contribution in [0, 0.1) is 0 Å². The number of rotatable bonds is 5. The summed E-state index contributed by atoms with van der Waals surface area (Å²) in [7, 11) is 2.87. The first kappa shape index (κ1) is 12.7. The zero-order valence-electron chi connectivity index (χ0n) is 9.48. The van der Waals surface area contributed by atoms with E-state index in [4.69, 9.17) is 9.47 Å². The molecule has 0 saturated heterocycles. The number of hydrogen-bond acceptors (Lipinski definition) is 5. The quantitative estimate of drug-likeness (QED) is 0.585. The molecular formula is C11H14O4S. The highest BCUT2D eigenvalue weighted by Gasteiger charge is 2.10. The largest absolute Gasteiger partial charge is 0.493 e. The Morgan fingerprint density at radius 3 is 2.62 bits per heavy atom. The molecule has 0 aliphatic carbocycles. The molecule has 0 amide bonds. The second-order valence-corrected chi connectivity index (χ2v) is 3.72. The van der Waals surface area contributed by atoms with Gasteiger partial charge < -0.3 is 14.2 Å². The molecule has 1 rings (SSSR count). The average Bonchev–Trinajstić information content (AvgIpc) is 2.35. The number of benzene rings is 1. The standard InChI is InChI=1S/C11H14O4S/c1-13-10-6-8(11(12)14-2)4-5-9(10)15-7-16-3/h4-6H,7H2,1-3H3. The van der Waals surface area contributed by atoms with Crippen LogP contribution in [0.15, 0.2) is 18.2 Å². The molecule has 0 unspecified atom stereocenters. The summed E-state index contributed by atoms with van der Waals surface area (Å²) in [6.07, 6.45) is 1.94. The SMILES string of the molecule is COC(=O)c1ccc(OCSC)c(OC)c1. The Hall–Kier alpha value is -1.36. The van der Waals surface area contributed by atoms with Crippen LogP contribution in [0.4, 0.5) is 0 Å². The van der Waals surface area contributed by atoms with Gasteiger partial charge in [-0.2, -0.15) is 0 Å². The minimum absolute atomic E-state index is 0.394. The Balaban J connectivity index is 2.92. The topological polar surface area (TPSA) is 44.8 Å². The Labute approximate surface area is 98.9 Å².